The summed E-state index contributed by atoms with van der Waals surface area (Å²) in [6.07, 6.45) is 3.91. The first-order valence-electron chi connectivity index (χ1n) is 11.0. The van der Waals surface area contributed by atoms with Crippen LogP contribution in [-0.4, -0.2) is 39.3 Å². The van der Waals surface area contributed by atoms with Gasteiger partial charge in [-0.1, -0.05) is 55.5 Å². The van der Waals surface area contributed by atoms with Crippen molar-refractivity contribution in [1.82, 2.24) is 9.88 Å². The van der Waals surface area contributed by atoms with E-state index in [4.69, 9.17) is 4.74 Å². The number of esters is 1. The molecule has 2 heterocycles. The Hall–Kier alpha value is -4.26. The van der Waals surface area contributed by atoms with Crippen LogP contribution in [0, 0.1) is 0 Å². The van der Waals surface area contributed by atoms with E-state index in [0.717, 1.165) is 12.0 Å². The standard InChI is InChI=1S/C27H24N2O5/c1-2-15-34-27(33)20-12-10-18(11-13-20)17-29-23(21-9-6-14-28-16-21)22(25(31)26(29)32)24(30)19-7-4-3-5-8-19/h3-14,16,23,30H,2,15,17H2,1H3/b24-22+. The van der Waals surface area contributed by atoms with Gasteiger partial charge in [0.25, 0.3) is 11.7 Å². The molecule has 1 fully saturated rings. The van der Waals surface area contributed by atoms with Gasteiger partial charge in [0.1, 0.15) is 5.76 Å². The fourth-order valence-corrected chi connectivity index (χ4v) is 3.90. The summed E-state index contributed by atoms with van der Waals surface area (Å²) in [5, 5.41) is 11.0. The minimum atomic E-state index is -0.803. The average molecular weight is 456 g/mol. The number of hydrogen-bond donors (Lipinski definition) is 1. The highest BCUT2D eigenvalue weighted by Gasteiger charge is 2.46. The molecule has 0 bridgehead atoms. The number of aliphatic hydroxyl groups is 1. The van der Waals surface area contributed by atoms with E-state index in [9.17, 15) is 19.5 Å². The lowest BCUT2D eigenvalue weighted by molar-refractivity contribution is -0.140. The zero-order valence-corrected chi connectivity index (χ0v) is 18.7. The molecule has 0 aliphatic carbocycles. The third-order valence-electron chi connectivity index (χ3n) is 5.57. The Bertz CT molecular complexity index is 1220. The van der Waals surface area contributed by atoms with Gasteiger partial charge < -0.3 is 14.7 Å². The molecule has 172 valence electrons. The van der Waals surface area contributed by atoms with Crippen LogP contribution in [0.1, 0.15) is 46.4 Å². The zero-order valence-electron chi connectivity index (χ0n) is 18.7. The number of amides is 1. The van der Waals surface area contributed by atoms with Crippen LogP contribution in [0.25, 0.3) is 5.76 Å². The van der Waals surface area contributed by atoms with Crippen LogP contribution in [0.2, 0.25) is 0 Å². The van der Waals surface area contributed by atoms with Gasteiger partial charge >= 0.3 is 5.97 Å². The number of Topliss-reactive ketones (excluding diaryl/α,β-unsaturated/α-hetero) is 1. The first-order valence-corrected chi connectivity index (χ1v) is 11.0. The molecule has 1 aliphatic rings. The Kier molecular flexibility index (Phi) is 6.82. The van der Waals surface area contributed by atoms with Gasteiger partial charge in [0.2, 0.25) is 0 Å². The Morgan fingerprint density at radius 2 is 1.74 bits per heavy atom. The van der Waals surface area contributed by atoms with Gasteiger partial charge in [-0.2, -0.15) is 0 Å². The van der Waals surface area contributed by atoms with E-state index < -0.39 is 23.7 Å². The molecule has 1 aliphatic heterocycles. The maximum Gasteiger partial charge on any atom is 0.338 e. The van der Waals surface area contributed by atoms with Crippen molar-refractivity contribution in [2.75, 3.05) is 6.61 Å². The van der Waals surface area contributed by atoms with Gasteiger partial charge in [0, 0.05) is 24.5 Å². The molecule has 1 amide bonds. The Balaban J connectivity index is 1.70. The van der Waals surface area contributed by atoms with Crippen molar-refractivity contribution >= 4 is 23.4 Å². The van der Waals surface area contributed by atoms with Crippen molar-refractivity contribution in [1.29, 1.82) is 0 Å². The van der Waals surface area contributed by atoms with Gasteiger partial charge in [-0.05, 0) is 35.7 Å². The van der Waals surface area contributed by atoms with Gasteiger partial charge in [-0.3, -0.25) is 14.6 Å². The second-order valence-corrected chi connectivity index (χ2v) is 7.91. The summed E-state index contributed by atoms with van der Waals surface area (Å²) in [5.41, 5.74) is 2.21. The number of nitrogens with zero attached hydrogens (tertiary/aromatic N) is 2. The largest absolute Gasteiger partial charge is 0.507 e. The van der Waals surface area contributed by atoms with E-state index in [-0.39, 0.29) is 17.9 Å². The number of aliphatic hydroxyl groups excluding tert-OH is 1. The Morgan fingerprint density at radius 3 is 2.38 bits per heavy atom. The molecule has 1 unspecified atom stereocenters. The lowest BCUT2D eigenvalue weighted by Crippen LogP contribution is -2.29. The highest BCUT2D eigenvalue weighted by atomic mass is 16.5. The van der Waals surface area contributed by atoms with Crippen LogP contribution in [0.4, 0.5) is 0 Å². The maximum atomic E-state index is 13.1. The van der Waals surface area contributed by atoms with Gasteiger partial charge in [0.15, 0.2) is 0 Å². The molecule has 1 saturated heterocycles. The molecule has 2 aromatic carbocycles. The predicted molar refractivity (Wildman–Crippen MR) is 126 cm³/mol. The number of likely N-dealkylation sites (tertiary alicyclic amines) is 1. The van der Waals surface area contributed by atoms with E-state index in [2.05, 4.69) is 4.98 Å². The molecule has 0 radical (unpaired) electrons. The molecule has 1 aromatic heterocycles. The van der Waals surface area contributed by atoms with Crippen molar-refractivity contribution in [3.63, 3.8) is 0 Å². The number of carbonyl (C=O) groups is 3. The normalized spacial score (nSPS) is 17.1. The topological polar surface area (TPSA) is 96.8 Å². The summed E-state index contributed by atoms with van der Waals surface area (Å²) in [5.74, 6) is -2.11. The summed E-state index contributed by atoms with van der Waals surface area (Å²) in [4.78, 5) is 43.8. The molecule has 1 atom stereocenters. The summed E-state index contributed by atoms with van der Waals surface area (Å²) in [6, 6.07) is 18.0. The number of carbonyl (C=O) groups excluding carboxylic acids is 3. The lowest BCUT2D eigenvalue weighted by Gasteiger charge is -2.25. The van der Waals surface area contributed by atoms with Crippen molar-refractivity contribution in [3.8, 4) is 0 Å². The first kappa shape index (κ1) is 22.9. The highest BCUT2D eigenvalue weighted by molar-refractivity contribution is 6.46. The summed E-state index contributed by atoms with van der Waals surface area (Å²) in [7, 11) is 0. The number of aromatic nitrogens is 1. The van der Waals surface area contributed by atoms with Crippen LogP contribution < -0.4 is 0 Å². The number of ketones is 1. The van der Waals surface area contributed by atoms with E-state index in [1.165, 1.54) is 4.90 Å². The van der Waals surface area contributed by atoms with Gasteiger partial charge in [-0.25, -0.2) is 4.79 Å². The van der Waals surface area contributed by atoms with Crippen molar-refractivity contribution in [2.24, 2.45) is 0 Å². The van der Waals surface area contributed by atoms with Crippen molar-refractivity contribution in [2.45, 2.75) is 25.9 Å². The summed E-state index contributed by atoms with van der Waals surface area (Å²) >= 11 is 0. The highest BCUT2D eigenvalue weighted by Crippen LogP contribution is 2.39. The SMILES string of the molecule is CCCOC(=O)c1ccc(CN2C(=O)C(=O)/C(=C(/O)c3ccccc3)C2c2cccnc2)cc1. The number of benzene rings is 2. The van der Waals surface area contributed by atoms with Crippen LogP contribution in [0.5, 0.6) is 0 Å². The van der Waals surface area contributed by atoms with Crippen LogP contribution >= 0.6 is 0 Å². The Morgan fingerprint density at radius 1 is 1.00 bits per heavy atom. The summed E-state index contributed by atoms with van der Waals surface area (Å²) in [6.45, 7) is 2.37. The quantitative estimate of drug-likeness (QED) is 0.247. The third kappa shape index (κ3) is 4.59. The van der Waals surface area contributed by atoms with Gasteiger partial charge in [-0.15, -0.1) is 0 Å². The fraction of sp³-hybridized carbons (Fsp3) is 0.185. The minimum Gasteiger partial charge on any atom is -0.507 e. The maximum absolute atomic E-state index is 13.1. The van der Waals surface area contributed by atoms with Crippen molar-refractivity contribution in [3.05, 3.63) is 107 Å². The molecular formula is C27H24N2O5. The van der Waals surface area contributed by atoms with Crippen LogP contribution in [-0.2, 0) is 20.9 Å². The molecule has 3 aromatic rings. The van der Waals surface area contributed by atoms with Crippen LogP contribution in [0.3, 0.4) is 0 Å². The number of hydrogen-bond acceptors (Lipinski definition) is 6. The Labute approximate surface area is 197 Å². The molecule has 7 nitrogen and oxygen atoms in total. The number of pyridine rings is 1. The predicted octanol–water partition coefficient (Wildman–Crippen LogP) is 4.27. The average Bonchev–Trinajstić information content (AvgIpc) is 3.13. The lowest BCUT2D eigenvalue weighted by atomic mass is 9.96. The second kappa shape index (κ2) is 10.1. The minimum absolute atomic E-state index is 0.0176. The van der Waals surface area contributed by atoms with Crippen LogP contribution in [0.15, 0.2) is 84.7 Å². The molecule has 34 heavy (non-hydrogen) atoms. The number of rotatable bonds is 7. The summed E-state index contributed by atoms with van der Waals surface area (Å²) < 4.78 is 5.15. The fourth-order valence-electron chi connectivity index (χ4n) is 3.90. The van der Waals surface area contributed by atoms with Gasteiger partial charge in [0.05, 0.1) is 23.8 Å². The molecule has 0 saturated carbocycles. The second-order valence-electron chi connectivity index (χ2n) is 7.91. The molecule has 1 N–H and O–H groups in total. The monoisotopic (exact) mass is 456 g/mol. The van der Waals surface area contributed by atoms with E-state index in [0.29, 0.717) is 23.3 Å². The van der Waals surface area contributed by atoms with E-state index >= 15 is 0 Å². The molecular weight excluding hydrogens is 432 g/mol. The zero-order chi connectivity index (χ0) is 24.1. The van der Waals surface area contributed by atoms with E-state index in [1.54, 1.807) is 79.1 Å². The molecule has 4 rings (SSSR count). The van der Waals surface area contributed by atoms with Crippen molar-refractivity contribution < 1.29 is 24.2 Å². The number of ether oxygens (including phenoxy) is 1. The third-order valence-corrected chi connectivity index (χ3v) is 5.57. The molecule has 0 spiro atoms. The van der Waals surface area contributed by atoms with E-state index in [1.807, 2.05) is 6.92 Å². The first-order chi connectivity index (χ1) is 16.5. The smallest absolute Gasteiger partial charge is 0.338 e. The molecule has 7 heteroatoms.